The Balaban J connectivity index is 2.53. The molecule has 0 fully saturated rings. The standard InChI is InChI=1S/C16H18FNO/c1-3-19-16-7-5-4-6-14(16)15-10-13(17)9-8-12(15)11-18-2/h4-10,18H,3,11H2,1-2H3. The van der Waals surface area contributed by atoms with Gasteiger partial charge in [-0.15, -0.1) is 0 Å². The van der Waals surface area contributed by atoms with Gasteiger partial charge in [-0.25, -0.2) is 4.39 Å². The van der Waals surface area contributed by atoms with E-state index in [9.17, 15) is 4.39 Å². The molecule has 0 amide bonds. The highest BCUT2D eigenvalue weighted by atomic mass is 19.1. The van der Waals surface area contributed by atoms with Crippen LogP contribution in [0.5, 0.6) is 5.75 Å². The molecular formula is C16H18FNO. The van der Waals surface area contributed by atoms with E-state index in [0.717, 1.165) is 22.4 Å². The SMILES string of the molecule is CCOc1ccccc1-c1cc(F)ccc1CNC. The molecule has 1 N–H and O–H groups in total. The third kappa shape index (κ3) is 3.12. The van der Waals surface area contributed by atoms with Crippen LogP contribution in [0.3, 0.4) is 0 Å². The molecule has 0 saturated carbocycles. The van der Waals surface area contributed by atoms with E-state index >= 15 is 0 Å². The monoisotopic (exact) mass is 259 g/mol. The van der Waals surface area contributed by atoms with Crippen molar-refractivity contribution in [2.24, 2.45) is 0 Å². The van der Waals surface area contributed by atoms with Crippen LogP contribution in [0.25, 0.3) is 11.1 Å². The van der Waals surface area contributed by atoms with Crippen molar-refractivity contribution in [1.82, 2.24) is 5.32 Å². The largest absolute Gasteiger partial charge is 0.493 e. The fraction of sp³-hybridized carbons (Fsp3) is 0.250. The molecule has 0 atom stereocenters. The third-order valence-electron chi connectivity index (χ3n) is 2.92. The lowest BCUT2D eigenvalue weighted by atomic mass is 9.98. The Labute approximate surface area is 113 Å². The molecule has 0 aliphatic heterocycles. The van der Waals surface area contributed by atoms with Crippen molar-refractivity contribution in [3.05, 3.63) is 53.8 Å². The lowest BCUT2D eigenvalue weighted by Gasteiger charge is -2.14. The van der Waals surface area contributed by atoms with Gasteiger partial charge in [-0.1, -0.05) is 24.3 Å². The summed E-state index contributed by atoms with van der Waals surface area (Å²) in [6.07, 6.45) is 0. The first-order chi connectivity index (χ1) is 9.26. The Bertz CT molecular complexity index is 554. The molecule has 100 valence electrons. The molecule has 0 heterocycles. The summed E-state index contributed by atoms with van der Waals surface area (Å²) in [5.74, 6) is 0.550. The van der Waals surface area contributed by atoms with Gasteiger partial charge in [0.1, 0.15) is 11.6 Å². The summed E-state index contributed by atoms with van der Waals surface area (Å²) in [4.78, 5) is 0. The van der Waals surface area contributed by atoms with Crippen LogP contribution in [-0.2, 0) is 6.54 Å². The second-order valence-electron chi connectivity index (χ2n) is 4.26. The average molecular weight is 259 g/mol. The summed E-state index contributed by atoms with van der Waals surface area (Å²) in [6, 6.07) is 12.6. The summed E-state index contributed by atoms with van der Waals surface area (Å²) in [6.45, 7) is 3.22. The van der Waals surface area contributed by atoms with Gasteiger partial charge in [-0.05, 0) is 43.3 Å². The van der Waals surface area contributed by atoms with Crippen molar-refractivity contribution in [2.45, 2.75) is 13.5 Å². The van der Waals surface area contributed by atoms with Gasteiger partial charge in [-0.3, -0.25) is 0 Å². The summed E-state index contributed by atoms with van der Waals surface area (Å²) >= 11 is 0. The maximum Gasteiger partial charge on any atom is 0.127 e. The van der Waals surface area contributed by atoms with Crippen molar-refractivity contribution in [2.75, 3.05) is 13.7 Å². The minimum Gasteiger partial charge on any atom is -0.493 e. The first-order valence-corrected chi connectivity index (χ1v) is 6.41. The molecule has 3 heteroatoms. The van der Waals surface area contributed by atoms with Gasteiger partial charge in [0.2, 0.25) is 0 Å². The van der Waals surface area contributed by atoms with Crippen molar-refractivity contribution in [1.29, 1.82) is 0 Å². The molecule has 0 aromatic heterocycles. The Morgan fingerprint density at radius 3 is 2.63 bits per heavy atom. The predicted molar refractivity (Wildman–Crippen MR) is 75.8 cm³/mol. The summed E-state index contributed by atoms with van der Waals surface area (Å²) in [5.41, 5.74) is 2.85. The molecule has 0 aliphatic carbocycles. The van der Waals surface area contributed by atoms with Crippen LogP contribution in [0.1, 0.15) is 12.5 Å². The van der Waals surface area contributed by atoms with Crippen molar-refractivity contribution in [3.8, 4) is 16.9 Å². The van der Waals surface area contributed by atoms with Gasteiger partial charge >= 0.3 is 0 Å². The number of ether oxygens (including phenoxy) is 1. The smallest absolute Gasteiger partial charge is 0.127 e. The molecule has 0 unspecified atom stereocenters. The third-order valence-corrected chi connectivity index (χ3v) is 2.92. The highest BCUT2D eigenvalue weighted by molar-refractivity contribution is 5.73. The highest BCUT2D eigenvalue weighted by Gasteiger charge is 2.11. The summed E-state index contributed by atoms with van der Waals surface area (Å²) in [5, 5.41) is 3.10. The van der Waals surface area contributed by atoms with E-state index in [1.165, 1.54) is 6.07 Å². The Hall–Kier alpha value is -1.87. The van der Waals surface area contributed by atoms with Gasteiger partial charge in [-0.2, -0.15) is 0 Å². The molecular weight excluding hydrogens is 241 g/mol. The van der Waals surface area contributed by atoms with E-state index in [1.807, 2.05) is 44.3 Å². The maximum absolute atomic E-state index is 13.5. The zero-order chi connectivity index (χ0) is 13.7. The zero-order valence-electron chi connectivity index (χ0n) is 11.2. The summed E-state index contributed by atoms with van der Waals surface area (Å²) < 4.78 is 19.2. The second kappa shape index (κ2) is 6.34. The second-order valence-corrected chi connectivity index (χ2v) is 4.26. The molecule has 0 bridgehead atoms. The molecule has 2 rings (SSSR count). The van der Waals surface area contributed by atoms with Crippen molar-refractivity contribution < 1.29 is 9.13 Å². The minimum absolute atomic E-state index is 0.235. The van der Waals surface area contributed by atoms with Crippen LogP contribution in [0, 0.1) is 5.82 Å². The molecule has 0 saturated heterocycles. The highest BCUT2D eigenvalue weighted by Crippen LogP contribution is 2.32. The molecule has 0 radical (unpaired) electrons. The lowest BCUT2D eigenvalue weighted by molar-refractivity contribution is 0.341. The average Bonchev–Trinajstić information content (AvgIpc) is 2.42. The zero-order valence-corrected chi connectivity index (χ0v) is 11.2. The van der Waals surface area contributed by atoms with E-state index in [0.29, 0.717) is 13.2 Å². The molecule has 2 aromatic rings. The molecule has 2 nitrogen and oxygen atoms in total. The molecule has 2 aromatic carbocycles. The van der Waals surface area contributed by atoms with Crippen LogP contribution in [0.4, 0.5) is 4.39 Å². The fourth-order valence-corrected chi connectivity index (χ4v) is 2.11. The Morgan fingerprint density at radius 2 is 1.89 bits per heavy atom. The van der Waals surface area contributed by atoms with Crippen LogP contribution in [-0.4, -0.2) is 13.7 Å². The van der Waals surface area contributed by atoms with E-state index in [-0.39, 0.29) is 5.82 Å². The number of hydrogen-bond donors (Lipinski definition) is 1. The molecule has 0 aliphatic rings. The van der Waals surface area contributed by atoms with Gasteiger partial charge in [0.05, 0.1) is 6.61 Å². The Morgan fingerprint density at radius 1 is 1.11 bits per heavy atom. The Kier molecular flexibility index (Phi) is 4.53. The first-order valence-electron chi connectivity index (χ1n) is 6.41. The van der Waals surface area contributed by atoms with Crippen LogP contribution in [0.2, 0.25) is 0 Å². The fourth-order valence-electron chi connectivity index (χ4n) is 2.11. The van der Waals surface area contributed by atoms with Crippen molar-refractivity contribution in [3.63, 3.8) is 0 Å². The normalized spacial score (nSPS) is 10.5. The maximum atomic E-state index is 13.5. The molecule has 19 heavy (non-hydrogen) atoms. The van der Waals surface area contributed by atoms with E-state index in [4.69, 9.17) is 4.74 Å². The van der Waals surface area contributed by atoms with Crippen LogP contribution >= 0.6 is 0 Å². The van der Waals surface area contributed by atoms with E-state index < -0.39 is 0 Å². The molecule has 0 spiro atoms. The van der Waals surface area contributed by atoms with Gasteiger partial charge in [0.15, 0.2) is 0 Å². The summed E-state index contributed by atoms with van der Waals surface area (Å²) in [7, 11) is 1.88. The number of nitrogens with one attached hydrogen (secondary N) is 1. The van der Waals surface area contributed by atoms with Gasteiger partial charge < -0.3 is 10.1 Å². The number of benzene rings is 2. The number of rotatable bonds is 5. The van der Waals surface area contributed by atoms with Crippen molar-refractivity contribution >= 4 is 0 Å². The van der Waals surface area contributed by atoms with Crippen LogP contribution in [0.15, 0.2) is 42.5 Å². The number of hydrogen-bond acceptors (Lipinski definition) is 2. The van der Waals surface area contributed by atoms with Gasteiger partial charge in [0, 0.05) is 12.1 Å². The number of para-hydroxylation sites is 1. The predicted octanol–water partition coefficient (Wildman–Crippen LogP) is 3.61. The first kappa shape index (κ1) is 13.6. The topological polar surface area (TPSA) is 21.3 Å². The quantitative estimate of drug-likeness (QED) is 0.885. The lowest BCUT2D eigenvalue weighted by Crippen LogP contribution is -2.07. The number of halogens is 1. The van der Waals surface area contributed by atoms with Gasteiger partial charge in [0.25, 0.3) is 0 Å². The van der Waals surface area contributed by atoms with Crippen LogP contribution < -0.4 is 10.1 Å². The van der Waals surface area contributed by atoms with E-state index in [2.05, 4.69) is 5.32 Å². The minimum atomic E-state index is -0.235. The van der Waals surface area contributed by atoms with E-state index in [1.54, 1.807) is 6.07 Å².